The van der Waals surface area contributed by atoms with Gasteiger partial charge in [0.05, 0.1) is 20.1 Å². The van der Waals surface area contributed by atoms with Gasteiger partial charge < -0.3 is 20.7 Å². The average Bonchev–Trinajstić information content (AvgIpc) is 2.87. The lowest BCUT2D eigenvalue weighted by Crippen LogP contribution is -2.54. The second-order valence-corrected chi connectivity index (χ2v) is 11.2. The largest absolute Gasteiger partial charge is 0.460 e. The molecule has 6 nitrogen and oxygen atoms in total. The number of piperidine rings is 1. The van der Waals surface area contributed by atoms with Crippen LogP contribution in [0.15, 0.2) is 42.5 Å². The standard InChI is InChI=1S/C28H41BN3O3/c1-20(2)11-14-32(3)19-26(29(34)35)17-25-16-24(7-8-27(25)32)28(33)31-12-9-22(10-13-31)23-6-4-5-21(15-23)18-30/h4-8,15-16,20,22,26,34-35H,9-14,17-19,30H2,1-3H3/q+1. The normalized spacial score (nSPS) is 22.8. The number of quaternary nitrogens is 1. The maximum absolute atomic E-state index is 13.4. The fraction of sp³-hybridized carbons (Fsp3) is 0.536. The lowest BCUT2D eigenvalue weighted by atomic mass is 9.67. The summed E-state index contributed by atoms with van der Waals surface area (Å²) in [4.78, 5) is 15.4. The quantitative estimate of drug-likeness (QED) is 0.420. The van der Waals surface area contributed by atoms with Gasteiger partial charge in [0.1, 0.15) is 5.69 Å². The summed E-state index contributed by atoms with van der Waals surface area (Å²) >= 11 is 0. The first-order valence-corrected chi connectivity index (χ1v) is 13.1. The smallest absolute Gasteiger partial charge is 0.427 e. The fourth-order valence-electron chi connectivity index (χ4n) is 5.90. The van der Waals surface area contributed by atoms with Crippen molar-refractivity contribution in [3.63, 3.8) is 0 Å². The van der Waals surface area contributed by atoms with Crippen LogP contribution in [0.5, 0.6) is 0 Å². The predicted octanol–water partition coefficient (Wildman–Crippen LogP) is 3.55. The van der Waals surface area contributed by atoms with Crippen molar-refractivity contribution in [3.8, 4) is 0 Å². The first-order valence-electron chi connectivity index (χ1n) is 13.1. The molecular weight excluding hydrogens is 437 g/mol. The Kier molecular flexibility index (Phi) is 8.01. The number of hydrogen-bond acceptors (Lipinski definition) is 4. The molecule has 0 spiro atoms. The van der Waals surface area contributed by atoms with Crippen molar-refractivity contribution >= 4 is 18.7 Å². The molecule has 2 aliphatic rings. The van der Waals surface area contributed by atoms with Crippen molar-refractivity contribution in [1.82, 2.24) is 9.38 Å². The van der Waals surface area contributed by atoms with Gasteiger partial charge in [-0.05, 0) is 60.8 Å². The van der Waals surface area contributed by atoms with E-state index in [0.717, 1.165) is 50.0 Å². The molecular formula is C28H41BN3O3+. The van der Waals surface area contributed by atoms with Gasteiger partial charge in [-0.3, -0.25) is 9.28 Å². The number of amides is 1. The van der Waals surface area contributed by atoms with Crippen LogP contribution in [0.4, 0.5) is 5.69 Å². The van der Waals surface area contributed by atoms with E-state index in [1.54, 1.807) is 0 Å². The Labute approximate surface area is 210 Å². The molecule has 1 fully saturated rings. The molecule has 2 atom stereocenters. The Bertz CT molecular complexity index is 1040. The van der Waals surface area contributed by atoms with E-state index in [0.29, 0.717) is 41.4 Å². The minimum atomic E-state index is -1.35. The third-order valence-corrected chi connectivity index (χ3v) is 8.09. The Morgan fingerprint density at radius 3 is 2.57 bits per heavy atom. The molecule has 7 heteroatoms. The molecule has 188 valence electrons. The molecule has 0 aliphatic carbocycles. The van der Waals surface area contributed by atoms with Gasteiger partial charge in [0, 0.05) is 42.6 Å². The van der Waals surface area contributed by atoms with E-state index in [2.05, 4.69) is 51.2 Å². The van der Waals surface area contributed by atoms with Gasteiger partial charge in [0.15, 0.2) is 0 Å². The fourth-order valence-corrected chi connectivity index (χ4v) is 5.90. The zero-order valence-electron chi connectivity index (χ0n) is 21.5. The van der Waals surface area contributed by atoms with E-state index in [1.165, 1.54) is 11.3 Å². The molecule has 2 aliphatic heterocycles. The third-order valence-electron chi connectivity index (χ3n) is 8.09. The number of likely N-dealkylation sites (tertiary alicyclic amines) is 1. The molecule has 2 unspecified atom stereocenters. The highest BCUT2D eigenvalue weighted by atomic mass is 16.4. The van der Waals surface area contributed by atoms with Crippen LogP contribution in [0.3, 0.4) is 0 Å². The summed E-state index contributed by atoms with van der Waals surface area (Å²) < 4.78 is 0.678. The van der Waals surface area contributed by atoms with Crippen molar-refractivity contribution in [2.75, 3.05) is 33.2 Å². The molecule has 1 saturated heterocycles. The molecule has 0 saturated carbocycles. The molecule has 4 N–H and O–H groups in total. The summed E-state index contributed by atoms with van der Waals surface area (Å²) in [6.07, 6.45) is 3.55. The van der Waals surface area contributed by atoms with Crippen LogP contribution in [0.2, 0.25) is 5.82 Å². The first kappa shape index (κ1) is 25.9. The van der Waals surface area contributed by atoms with Gasteiger partial charge in [0.2, 0.25) is 0 Å². The monoisotopic (exact) mass is 478 g/mol. The molecule has 0 aromatic heterocycles. The molecule has 0 radical (unpaired) electrons. The number of carbonyl (C=O) groups is 1. The highest BCUT2D eigenvalue weighted by Crippen LogP contribution is 2.39. The summed E-state index contributed by atoms with van der Waals surface area (Å²) in [6, 6.07) is 14.6. The van der Waals surface area contributed by atoms with Crippen LogP contribution in [-0.4, -0.2) is 61.2 Å². The van der Waals surface area contributed by atoms with Crippen LogP contribution in [0, 0.1) is 5.92 Å². The van der Waals surface area contributed by atoms with Crippen molar-refractivity contribution in [1.29, 1.82) is 0 Å². The van der Waals surface area contributed by atoms with Crippen LogP contribution in [0.25, 0.3) is 0 Å². The highest BCUT2D eigenvalue weighted by Gasteiger charge is 2.41. The van der Waals surface area contributed by atoms with Crippen LogP contribution in [0.1, 0.15) is 66.1 Å². The van der Waals surface area contributed by atoms with E-state index in [1.807, 2.05) is 17.0 Å². The number of nitrogens with zero attached hydrogens (tertiary/aromatic N) is 2. The molecule has 1 amide bonds. The lowest BCUT2D eigenvalue weighted by molar-refractivity contribution is 0.0712. The van der Waals surface area contributed by atoms with Crippen molar-refractivity contribution in [2.45, 2.75) is 57.8 Å². The average molecular weight is 478 g/mol. The molecule has 35 heavy (non-hydrogen) atoms. The number of hydrogen-bond donors (Lipinski definition) is 3. The van der Waals surface area contributed by atoms with Gasteiger partial charge in [-0.1, -0.05) is 38.1 Å². The van der Waals surface area contributed by atoms with E-state index < -0.39 is 7.12 Å². The maximum Gasteiger partial charge on any atom is 0.460 e. The lowest BCUT2D eigenvalue weighted by Gasteiger charge is -2.42. The van der Waals surface area contributed by atoms with E-state index in [-0.39, 0.29) is 11.7 Å². The topological polar surface area (TPSA) is 86.8 Å². The number of carbonyl (C=O) groups excluding carboxylic acids is 1. The van der Waals surface area contributed by atoms with Crippen LogP contribution in [-0.2, 0) is 13.0 Å². The number of fused-ring (bicyclic) bond motifs is 1. The van der Waals surface area contributed by atoms with Gasteiger partial charge in [-0.25, -0.2) is 0 Å². The van der Waals surface area contributed by atoms with Crippen LogP contribution >= 0.6 is 0 Å². The van der Waals surface area contributed by atoms with Gasteiger partial charge >= 0.3 is 7.12 Å². The molecule has 0 bridgehead atoms. The molecule has 4 rings (SSSR count). The number of benzene rings is 2. The minimum absolute atomic E-state index is 0.0741. The second-order valence-electron chi connectivity index (χ2n) is 11.2. The van der Waals surface area contributed by atoms with E-state index in [4.69, 9.17) is 5.73 Å². The minimum Gasteiger partial charge on any atom is -0.427 e. The molecule has 2 heterocycles. The maximum atomic E-state index is 13.4. The van der Waals surface area contributed by atoms with Crippen molar-refractivity contribution < 1.29 is 14.8 Å². The summed E-state index contributed by atoms with van der Waals surface area (Å²) in [5.41, 5.74) is 11.3. The van der Waals surface area contributed by atoms with Crippen molar-refractivity contribution in [2.24, 2.45) is 11.7 Å². The second kappa shape index (κ2) is 10.8. The van der Waals surface area contributed by atoms with Gasteiger partial charge in [-0.2, -0.15) is 0 Å². The van der Waals surface area contributed by atoms with Crippen LogP contribution < -0.4 is 10.2 Å². The van der Waals surface area contributed by atoms with E-state index in [9.17, 15) is 14.8 Å². The Hall–Kier alpha value is -2.19. The summed E-state index contributed by atoms with van der Waals surface area (Å²) in [5.74, 6) is 0.879. The first-order chi connectivity index (χ1) is 16.7. The Morgan fingerprint density at radius 2 is 1.91 bits per heavy atom. The van der Waals surface area contributed by atoms with E-state index >= 15 is 0 Å². The Morgan fingerprint density at radius 1 is 1.17 bits per heavy atom. The predicted molar refractivity (Wildman–Crippen MR) is 143 cm³/mol. The number of rotatable bonds is 7. The van der Waals surface area contributed by atoms with Gasteiger partial charge in [-0.15, -0.1) is 0 Å². The zero-order chi connectivity index (χ0) is 25.2. The zero-order valence-corrected chi connectivity index (χ0v) is 21.5. The number of nitrogens with two attached hydrogens (primary N) is 1. The Balaban J connectivity index is 1.49. The van der Waals surface area contributed by atoms with Crippen molar-refractivity contribution in [3.05, 3.63) is 64.7 Å². The third kappa shape index (κ3) is 5.80. The SMILES string of the molecule is CC(C)CC[N+]1(C)CC(B(O)O)Cc2cc(C(=O)N3CCC(c4cccc(CN)c4)CC3)ccc21. The molecule has 2 aromatic rings. The molecule has 2 aromatic carbocycles. The highest BCUT2D eigenvalue weighted by molar-refractivity contribution is 6.43. The summed E-state index contributed by atoms with van der Waals surface area (Å²) in [7, 11) is 0.831. The summed E-state index contributed by atoms with van der Waals surface area (Å²) in [5, 5.41) is 20.0. The van der Waals surface area contributed by atoms with Gasteiger partial charge in [0.25, 0.3) is 5.91 Å². The summed E-state index contributed by atoms with van der Waals surface area (Å²) in [6.45, 7) is 8.11.